The van der Waals surface area contributed by atoms with Crippen LogP contribution in [0.3, 0.4) is 0 Å². The van der Waals surface area contributed by atoms with Gasteiger partial charge in [0.15, 0.2) is 0 Å². The zero-order chi connectivity index (χ0) is 19.9. The van der Waals surface area contributed by atoms with Gasteiger partial charge in [-0.25, -0.2) is 4.79 Å². The van der Waals surface area contributed by atoms with Crippen LogP contribution in [-0.4, -0.2) is 11.9 Å². The second-order valence-corrected chi connectivity index (χ2v) is 7.51. The summed E-state index contributed by atoms with van der Waals surface area (Å²) in [4.78, 5) is 24.3. The molecule has 0 amide bonds. The van der Waals surface area contributed by atoms with Gasteiger partial charge in [-0.2, -0.15) is 0 Å². The minimum absolute atomic E-state index is 0.0325. The highest BCUT2D eigenvalue weighted by molar-refractivity contribution is 5.97. The van der Waals surface area contributed by atoms with Gasteiger partial charge in [0, 0.05) is 16.8 Å². The van der Waals surface area contributed by atoms with Crippen molar-refractivity contribution in [1.82, 2.24) is 0 Å². The van der Waals surface area contributed by atoms with E-state index in [0.717, 1.165) is 48.4 Å². The number of carbonyl (C=O) groups excluding carboxylic acids is 2. The first-order valence-corrected chi connectivity index (χ1v) is 10.2. The normalized spacial score (nSPS) is 19.2. The van der Waals surface area contributed by atoms with Gasteiger partial charge in [0.2, 0.25) is 0 Å². The van der Waals surface area contributed by atoms with Gasteiger partial charge in [-0.05, 0) is 43.7 Å². The third kappa shape index (κ3) is 4.80. The van der Waals surface area contributed by atoms with E-state index in [2.05, 4.69) is 13.5 Å². The van der Waals surface area contributed by atoms with Gasteiger partial charge >= 0.3 is 11.9 Å². The fourth-order valence-electron chi connectivity index (χ4n) is 3.94. The van der Waals surface area contributed by atoms with E-state index in [1.165, 1.54) is 19.3 Å². The molecule has 0 aliphatic heterocycles. The number of hydrogen-bond donors (Lipinski definition) is 0. The topological polar surface area (TPSA) is 52.6 Å². The standard InChI is InChI=1S/C24H28O4/c1-3-5-8-17-11-13-18(14-12-17)24(26)28-22-16-15-21(27-23(25)4-2)19-9-6-7-10-20(19)22/h4,6-7,9-10,15-18H,2-3,5,8,11-14H2,1H3. The molecule has 1 aliphatic carbocycles. The number of fused-ring (bicyclic) bond motifs is 1. The van der Waals surface area contributed by atoms with Crippen molar-refractivity contribution in [3.63, 3.8) is 0 Å². The average Bonchev–Trinajstić information content (AvgIpc) is 2.74. The van der Waals surface area contributed by atoms with Crippen LogP contribution in [-0.2, 0) is 9.59 Å². The van der Waals surface area contributed by atoms with E-state index in [1.807, 2.05) is 24.3 Å². The largest absolute Gasteiger partial charge is 0.426 e. The fraction of sp³-hybridized carbons (Fsp3) is 0.417. The maximum Gasteiger partial charge on any atom is 0.335 e. The van der Waals surface area contributed by atoms with Crippen molar-refractivity contribution in [3.05, 3.63) is 49.1 Å². The molecule has 4 heteroatoms. The van der Waals surface area contributed by atoms with Crippen LogP contribution in [0.25, 0.3) is 10.8 Å². The molecule has 2 aromatic carbocycles. The monoisotopic (exact) mass is 380 g/mol. The Balaban J connectivity index is 1.71. The summed E-state index contributed by atoms with van der Waals surface area (Å²) in [7, 11) is 0. The molecule has 3 rings (SSSR count). The van der Waals surface area contributed by atoms with Crippen molar-refractivity contribution in [1.29, 1.82) is 0 Å². The molecule has 28 heavy (non-hydrogen) atoms. The van der Waals surface area contributed by atoms with Crippen molar-refractivity contribution in [2.24, 2.45) is 11.8 Å². The molecule has 1 saturated carbocycles. The van der Waals surface area contributed by atoms with E-state index in [4.69, 9.17) is 9.47 Å². The predicted molar refractivity (Wildman–Crippen MR) is 110 cm³/mol. The van der Waals surface area contributed by atoms with Crippen LogP contribution in [0.2, 0.25) is 0 Å². The molecule has 0 bridgehead atoms. The molecule has 0 radical (unpaired) electrons. The maximum atomic E-state index is 12.7. The van der Waals surface area contributed by atoms with Gasteiger partial charge in [0.25, 0.3) is 0 Å². The summed E-state index contributed by atoms with van der Waals surface area (Å²) >= 11 is 0. The SMILES string of the molecule is C=CC(=O)Oc1ccc(OC(=O)C2CCC(CCCC)CC2)c2ccccc12. The van der Waals surface area contributed by atoms with E-state index in [-0.39, 0.29) is 11.9 Å². The Bertz CT molecular complexity index is 847. The van der Waals surface area contributed by atoms with Crippen molar-refractivity contribution in [3.8, 4) is 11.5 Å². The van der Waals surface area contributed by atoms with E-state index in [9.17, 15) is 9.59 Å². The second-order valence-electron chi connectivity index (χ2n) is 7.51. The molecule has 0 atom stereocenters. The second kappa shape index (κ2) is 9.54. The van der Waals surface area contributed by atoms with Gasteiger partial charge in [-0.3, -0.25) is 4.79 Å². The number of rotatable bonds is 7. The van der Waals surface area contributed by atoms with E-state index >= 15 is 0 Å². The molecule has 1 fully saturated rings. The zero-order valence-corrected chi connectivity index (χ0v) is 16.5. The third-order valence-corrected chi connectivity index (χ3v) is 5.58. The Kier molecular flexibility index (Phi) is 6.85. The minimum Gasteiger partial charge on any atom is -0.426 e. The van der Waals surface area contributed by atoms with Crippen LogP contribution in [0.5, 0.6) is 11.5 Å². The quantitative estimate of drug-likeness (QED) is 0.344. The number of carbonyl (C=O) groups is 2. The summed E-state index contributed by atoms with van der Waals surface area (Å²) in [5, 5.41) is 1.48. The van der Waals surface area contributed by atoms with Crippen LogP contribution >= 0.6 is 0 Å². The minimum atomic E-state index is -0.519. The lowest BCUT2D eigenvalue weighted by Gasteiger charge is -2.27. The first kappa shape index (κ1) is 20.1. The molecule has 4 nitrogen and oxygen atoms in total. The summed E-state index contributed by atoms with van der Waals surface area (Å²) in [5.41, 5.74) is 0. The number of ether oxygens (including phenoxy) is 2. The van der Waals surface area contributed by atoms with Gasteiger partial charge in [-0.15, -0.1) is 0 Å². The first-order chi connectivity index (χ1) is 13.6. The molecular formula is C24H28O4. The van der Waals surface area contributed by atoms with Crippen LogP contribution < -0.4 is 9.47 Å². The number of hydrogen-bond acceptors (Lipinski definition) is 4. The summed E-state index contributed by atoms with van der Waals surface area (Å²) in [5.74, 6) is 0.979. The molecule has 0 heterocycles. The van der Waals surface area contributed by atoms with Crippen LogP contribution in [0.4, 0.5) is 0 Å². The van der Waals surface area contributed by atoms with Gasteiger partial charge in [0.05, 0.1) is 5.92 Å². The lowest BCUT2D eigenvalue weighted by molar-refractivity contribution is -0.140. The van der Waals surface area contributed by atoms with Gasteiger partial charge in [0.1, 0.15) is 11.5 Å². The first-order valence-electron chi connectivity index (χ1n) is 10.2. The molecule has 1 aliphatic rings. The highest BCUT2D eigenvalue weighted by atomic mass is 16.5. The molecule has 148 valence electrons. The van der Waals surface area contributed by atoms with E-state index in [1.54, 1.807) is 12.1 Å². The van der Waals surface area contributed by atoms with Crippen molar-refractivity contribution >= 4 is 22.7 Å². The summed E-state index contributed by atoms with van der Waals surface area (Å²) in [6, 6.07) is 10.8. The van der Waals surface area contributed by atoms with E-state index < -0.39 is 5.97 Å². The molecular weight excluding hydrogens is 352 g/mol. The Morgan fingerprint density at radius 3 is 2.18 bits per heavy atom. The molecule has 0 N–H and O–H groups in total. The third-order valence-electron chi connectivity index (χ3n) is 5.58. The summed E-state index contributed by atoms with van der Waals surface area (Å²) in [6.07, 6.45) is 8.92. The number of esters is 2. The average molecular weight is 380 g/mol. The highest BCUT2D eigenvalue weighted by Crippen LogP contribution is 2.36. The Morgan fingerprint density at radius 2 is 1.61 bits per heavy atom. The zero-order valence-electron chi connectivity index (χ0n) is 16.5. The summed E-state index contributed by atoms with van der Waals surface area (Å²) < 4.78 is 11.1. The molecule has 0 saturated heterocycles. The fourth-order valence-corrected chi connectivity index (χ4v) is 3.94. The number of unbranched alkanes of at least 4 members (excludes halogenated alkanes) is 1. The maximum absolute atomic E-state index is 12.7. The molecule has 2 aromatic rings. The highest BCUT2D eigenvalue weighted by Gasteiger charge is 2.28. The predicted octanol–water partition coefficient (Wildman–Crippen LogP) is 5.83. The lowest BCUT2D eigenvalue weighted by atomic mass is 9.80. The smallest absolute Gasteiger partial charge is 0.335 e. The van der Waals surface area contributed by atoms with Crippen LogP contribution in [0.15, 0.2) is 49.1 Å². The van der Waals surface area contributed by atoms with E-state index in [0.29, 0.717) is 11.5 Å². The Hall–Kier alpha value is -2.62. The Labute approximate surface area is 166 Å². The Morgan fingerprint density at radius 1 is 1.00 bits per heavy atom. The molecule has 0 unspecified atom stereocenters. The van der Waals surface area contributed by atoms with Crippen molar-refractivity contribution in [2.75, 3.05) is 0 Å². The summed E-state index contributed by atoms with van der Waals surface area (Å²) in [6.45, 7) is 5.64. The number of benzene rings is 2. The van der Waals surface area contributed by atoms with Gasteiger partial charge < -0.3 is 9.47 Å². The lowest BCUT2D eigenvalue weighted by Crippen LogP contribution is -2.25. The van der Waals surface area contributed by atoms with Crippen molar-refractivity contribution < 1.29 is 19.1 Å². The molecule has 0 aromatic heterocycles. The van der Waals surface area contributed by atoms with Crippen LogP contribution in [0.1, 0.15) is 51.9 Å². The molecule has 0 spiro atoms. The van der Waals surface area contributed by atoms with Crippen molar-refractivity contribution in [2.45, 2.75) is 51.9 Å². The van der Waals surface area contributed by atoms with Gasteiger partial charge in [-0.1, -0.05) is 57.0 Å². The van der Waals surface area contributed by atoms with Crippen LogP contribution in [0, 0.1) is 11.8 Å².